The summed E-state index contributed by atoms with van der Waals surface area (Å²) < 4.78 is 0. The standard InChI is InChI=1S/C21H21ClN4O/c1-15-25-19(21(27)24-14-17-5-3-2-4-6-17)13-20(26-15)23-12-11-16-7-9-18(22)10-8-16/h2-10,13H,11-12,14H2,1H3,(H,24,27)(H,23,25,26). The van der Waals surface area contributed by atoms with Crippen LogP contribution in [-0.4, -0.2) is 22.4 Å². The van der Waals surface area contributed by atoms with E-state index in [1.54, 1.807) is 13.0 Å². The van der Waals surface area contributed by atoms with Crippen molar-refractivity contribution in [2.75, 3.05) is 11.9 Å². The van der Waals surface area contributed by atoms with Crippen molar-refractivity contribution >= 4 is 23.3 Å². The van der Waals surface area contributed by atoms with Gasteiger partial charge in [-0.3, -0.25) is 4.79 Å². The highest BCUT2D eigenvalue weighted by molar-refractivity contribution is 6.30. The van der Waals surface area contributed by atoms with E-state index in [-0.39, 0.29) is 5.91 Å². The van der Waals surface area contributed by atoms with Gasteiger partial charge in [-0.05, 0) is 36.6 Å². The van der Waals surface area contributed by atoms with Crippen molar-refractivity contribution in [1.29, 1.82) is 0 Å². The Bertz CT molecular complexity index is 898. The van der Waals surface area contributed by atoms with Crippen molar-refractivity contribution in [2.24, 2.45) is 0 Å². The third-order valence-electron chi connectivity index (χ3n) is 4.00. The molecule has 1 heterocycles. The number of nitrogens with zero attached hydrogens (tertiary/aromatic N) is 2. The number of nitrogens with one attached hydrogen (secondary N) is 2. The maximum absolute atomic E-state index is 12.4. The molecule has 0 spiro atoms. The summed E-state index contributed by atoms with van der Waals surface area (Å²) in [7, 11) is 0. The van der Waals surface area contributed by atoms with Crippen molar-refractivity contribution < 1.29 is 4.79 Å². The molecule has 3 aromatic rings. The zero-order chi connectivity index (χ0) is 19.1. The van der Waals surface area contributed by atoms with Crippen LogP contribution in [0.4, 0.5) is 5.82 Å². The van der Waals surface area contributed by atoms with E-state index < -0.39 is 0 Å². The fourth-order valence-electron chi connectivity index (χ4n) is 2.63. The molecule has 0 aliphatic rings. The number of aromatic nitrogens is 2. The number of amides is 1. The van der Waals surface area contributed by atoms with Crippen molar-refractivity contribution in [3.63, 3.8) is 0 Å². The van der Waals surface area contributed by atoms with Crippen molar-refractivity contribution in [1.82, 2.24) is 15.3 Å². The minimum absolute atomic E-state index is 0.217. The average Bonchev–Trinajstić information content (AvgIpc) is 2.68. The number of rotatable bonds is 7. The second-order valence-electron chi connectivity index (χ2n) is 6.16. The van der Waals surface area contributed by atoms with Gasteiger partial charge in [0.2, 0.25) is 0 Å². The summed E-state index contributed by atoms with van der Waals surface area (Å²) in [6.07, 6.45) is 0.829. The molecular weight excluding hydrogens is 360 g/mol. The molecule has 6 heteroatoms. The molecule has 0 radical (unpaired) electrons. The zero-order valence-electron chi connectivity index (χ0n) is 15.1. The lowest BCUT2D eigenvalue weighted by Gasteiger charge is -2.09. The topological polar surface area (TPSA) is 66.9 Å². The molecule has 0 aliphatic carbocycles. The summed E-state index contributed by atoms with van der Waals surface area (Å²) >= 11 is 5.90. The Morgan fingerprint density at radius 1 is 1.00 bits per heavy atom. The third-order valence-corrected chi connectivity index (χ3v) is 4.25. The van der Waals surface area contributed by atoms with Gasteiger partial charge in [-0.2, -0.15) is 0 Å². The minimum atomic E-state index is -0.217. The first-order valence-corrected chi connectivity index (χ1v) is 9.14. The summed E-state index contributed by atoms with van der Waals surface area (Å²) in [4.78, 5) is 21.0. The minimum Gasteiger partial charge on any atom is -0.370 e. The van der Waals surface area contributed by atoms with E-state index in [1.165, 1.54) is 5.56 Å². The first kappa shape index (κ1) is 18.9. The number of hydrogen-bond donors (Lipinski definition) is 2. The Balaban J connectivity index is 1.58. The number of carbonyl (C=O) groups excluding carboxylic acids is 1. The Morgan fingerprint density at radius 3 is 2.48 bits per heavy atom. The van der Waals surface area contributed by atoms with E-state index in [0.29, 0.717) is 30.4 Å². The van der Waals surface area contributed by atoms with Crippen molar-refractivity contribution in [3.05, 3.63) is 88.3 Å². The molecule has 0 saturated carbocycles. The molecule has 1 aromatic heterocycles. The fourth-order valence-corrected chi connectivity index (χ4v) is 2.76. The van der Waals surface area contributed by atoms with Gasteiger partial charge in [0.1, 0.15) is 17.3 Å². The molecule has 1 amide bonds. The Labute approximate surface area is 163 Å². The molecule has 27 heavy (non-hydrogen) atoms. The van der Waals surface area contributed by atoms with E-state index >= 15 is 0 Å². The van der Waals surface area contributed by atoms with Gasteiger partial charge in [-0.1, -0.05) is 54.1 Å². The van der Waals surface area contributed by atoms with E-state index in [2.05, 4.69) is 20.6 Å². The van der Waals surface area contributed by atoms with Crippen LogP contribution in [0.15, 0.2) is 60.7 Å². The van der Waals surface area contributed by atoms with Gasteiger partial charge in [0.05, 0.1) is 0 Å². The van der Waals surface area contributed by atoms with Crippen molar-refractivity contribution in [3.8, 4) is 0 Å². The molecule has 0 atom stereocenters. The smallest absolute Gasteiger partial charge is 0.270 e. The fraction of sp³-hybridized carbons (Fsp3) is 0.190. The molecule has 138 valence electrons. The van der Waals surface area contributed by atoms with Crippen LogP contribution in [0.3, 0.4) is 0 Å². The summed E-state index contributed by atoms with van der Waals surface area (Å²) in [5.74, 6) is 0.975. The number of aryl methyl sites for hydroxylation is 1. The first-order valence-electron chi connectivity index (χ1n) is 8.76. The number of benzene rings is 2. The molecule has 3 rings (SSSR count). The predicted molar refractivity (Wildman–Crippen MR) is 108 cm³/mol. The van der Waals surface area contributed by atoms with E-state index in [9.17, 15) is 4.79 Å². The summed E-state index contributed by atoms with van der Waals surface area (Å²) in [5, 5.41) is 6.87. The molecule has 2 N–H and O–H groups in total. The Hall–Kier alpha value is -2.92. The quantitative estimate of drug-likeness (QED) is 0.649. The molecule has 0 fully saturated rings. The second kappa shape index (κ2) is 9.14. The molecule has 2 aromatic carbocycles. The second-order valence-corrected chi connectivity index (χ2v) is 6.59. The zero-order valence-corrected chi connectivity index (χ0v) is 15.8. The van der Waals surface area contributed by atoms with Crippen LogP contribution in [0, 0.1) is 6.92 Å². The van der Waals surface area contributed by atoms with Gasteiger partial charge in [-0.15, -0.1) is 0 Å². The van der Waals surface area contributed by atoms with E-state index in [0.717, 1.165) is 17.0 Å². The molecule has 5 nitrogen and oxygen atoms in total. The highest BCUT2D eigenvalue weighted by Crippen LogP contribution is 2.11. The lowest BCUT2D eigenvalue weighted by molar-refractivity contribution is 0.0945. The van der Waals surface area contributed by atoms with Gasteiger partial charge in [-0.25, -0.2) is 9.97 Å². The normalized spacial score (nSPS) is 10.4. The number of anilines is 1. The Morgan fingerprint density at radius 2 is 1.74 bits per heavy atom. The van der Waals surface area contributed by atoms with Crippen LogP contribution in [0.2, 0.25) is 5.02 Å². The van der Waals surface area contributed by atoms with Crippen LogP contribution in [-0.2, 0) is 13.0 Å². The maximum atomic E-state index is 12.4. The highest BCUT2D eigenvalue weighted by Gasteiger charge is 2.10. The molecule has 0 unspecified atom stereocenters. The monoisotopic (exact) mass is 380 g/mol. The average molecular weight is 381 g/mol. The summed E-state index contributed by atoms with van der Waals surface area (Å²) in [6, 6.07) is 19.2. The van der Waals surface area contributed by atoms with Crippen LogP contribution < -0.4 is 10.6 Å². The summed E-state index contributed by atoms with van der Waals surface area (Å²) in [5.41, 5.74) is 2.57. The first-order chi connectivity index (χ1) is 13.1. The molecule has 0 saturated heterocycles. The SMILES string of the molecule is Cc1nc(NCCc2ccc(Cl)cc2)cc(C(=O)NCc2ccccc2)n1. The van der Waals surface area contributed by atoms with Crippen molar-refractivity contribution in [2.45, 2.75) is 19.9 Å². The summed E-state index contributed by atoms with van der Waals surface area (Å²) in [6.45, 7) is 2.93. The number of carbonyl (C=O) groups is 1. The van der Waals surface area contributed by atoms with Crippen LogP contribution in [0.5, 0.6) is 0 Å². The maximum Gasteiger partial charge on any atom is 0.270 e. The lowest BCUT2D eigenvalue weighted by Crippen LogP contribution is -2.24. The third kappa shape index (κ3) is 5.79. The lowest BCUT2D eigenvalue weighted by atomic mass is 10.1. The number of hydrogen-bond acceptors (Lipinski definition) is 4. The Kier molecular flexibility index (Phi) is 6.39. The van der Waals surface area contributed by atoms with Gasteiger partial charge in [0, 0.05) is 24.2 Å². The van der Waals surface area contributed by atoms with Gasteiger partial charge < -0.3 is 10.6 Å². The number of halogens is 1. The predicted octanol–water partition coefficient (Wildman–Crippen LogP) is 4.02. The largest absolute Gasteiger partial charge is 0.370 e. The van der Waals surface area contributed by atoms with Crippen LogP contribution in [0.1, 0.15) is 27.4 Å². The van der Waals surface area contributed by atoms with Crippen LogP contribution >= 0.6 is 11.6 Å². The van der Waals surface area contributed by atoms with Gasteiger partial charge >= 0.3 is 0 Å². The highest BCUT2D eigenvalue weighted by atomic mass is 35.5. The van der Waals surface area contributed by atoms with E-state index in [1.807, 2.05) is 54.6 Å². The molecular formula is C21H21ClN4O. The molecule has 0 bridgehead atoms. The van der Waals surface area contributed by atoms with Gasteiger partial charge in [0.25, 0.3) is 5.91 Å². The van der Waals surface area contributed by atoms with Crippen LogP contribution in [0.25, 0.3) is 0 Å². The van der Waals surface area contributed by atoms with E-state index in [4.69, 9.17) is 11.6 Å². The molecule has 0 aliphatic heterocycles. The van der Waals surface area contributed by atoms with Gasteiger partial charge in [0.15, 0.2) is 0 Å².